The first-order chi connectivity index (χ1) is 9.63. The van der Waals surface area contributed by atoms with Crippen LogP contribution in [0.4, 0.5) is 5.69 Å². The summed E-state index contributed by atoms with van der Waals surface area (Å²) in [5.41, 5.74) is 6.09. The number of pyridine rings is 1. The molecule has 6 heteroatoms. The monoisotopic (exact) mass is 273 g/mol. The van der Waals surface area contributed by atoms with E-state index in [4.69, 9.17) is 10.5 Å². The summed E-state index contributed by atoms with van der Waals surface area (Å²) >= 11 is 0. The fraction of sp³-hybridized carbons (Fsp3) is 0.214. The van der Waals surface area contributed by atoms with E-state index < -0.39 is 17.9 Å². The molecule has 3 N–H and O–H groups in total. The van der Waals surface area contributed by atoms with E-state index in [2.05, 4.69) is 10.3 Å². The Hall–Kier alpha value is -2.47. The van der Waals surface area contributed by atoms with Gasteiger partial charge in [0.25, 0.3) is 5.91 Å². The van der Waals surface area contributed by atoms with Gasteiger partial charge in [-0.25, -0.2) is 4.79 Å². The Morgan fingerprint density at radius 1 is 1.40 bits per heavy atom. The molecule has 2 aromatic rings. The molecule has 0 saturated heterocycles. The third-order valence-corrected chi connectivity index (χ3v) is 2.76. The Morgan fingerprint density at radius 3 is 2.95 bits per heavy atom. The number of aromatic nitrogens is 1. The summed E-state index contributed by atoms with van der Waals surface area (Å²) in [5.74, 6) is -1.36. The molecule has 0 aliphatic heterocycles. The van der Waals surface area contributed by atoms with Crippen LogP contribution in [-0.4, -0.2) is 29.5 Å². The van der Waals surface area contributed by atoms with Gasteiger partial charge in [0.1, 0.15) is 0 Å². The molecule has 1 unspecified atom stereocenters. The number of ether oxygens (including phenoxy) is 1. The average molecular weight is 273 g/mol. The molecular weight excluding hydrogens is 258 g/mol. The summed E-state index contributed by atoms with van der Waals surface area (Å²) in [5, 5.41) is 4.33. The smallest absolute Gasteiger partial charge is 0.332 e. The molecule has 0 fully saturated rings. The number of esters is 1. The predicted molar refractivity (Wildman–Crippen MR) is 75.0 cm³/mol. The highest BCUT2D eigenvalue weighted by Gasteiger charge is 2.23. The number of nitrogens with zero attached hydrogens (tertiary/aromatic N) is 1. The molecule has 1 atom stereocenters. The Kier molecular flexibility index (Phi) is 4.27. The van der Waals surface area contributed by atoms with Crippen LogP contribution in [0.5, 0.6) is 0 Å². The maximum Gasteiger partial charge on any atom is 0.332 e. The zero-order valence-corrected chi connectivity index (χ0v) is 11.0. The van der Waals surface area contributed by atoms with Crippen LogP contribution in [0, 0.1) is 0 Å². The van der Waals surface area contributed by atoms with Crippen LogP contribution < -0.4 is 11.1 Å². The fourth-order valence-electron chi connectivity index (χ4n) is 1.77. The number of nitrogens with one attached hydrogen (secondary N) is 1. The lowest BCUT2D eigenvalue weighted by atomic mass is 10.1. The number of fused-ring (bicyclic) bond motifs is 1. The quantitative estimate of drug-likeness (QED) is 0.641. The van der Waals surface area contributed by atoms with E-state index in [1.807, 2.05) is 12.1 Å². The van der Waals surface area contributed by atoms with Crippen LogP contribution in [0.1, 0.15) is 6.92 Å². The van der Waals surface area contributed by atoms with E-state index in [1.165, 1.54) is 0 Å². The van der Waals surface area contributed by atoms with Gasteiger partial charge in [-0.1, -0.05) is 12.1 Å². The highest BCUT2D eigenvalue weighted by atomic mass is 16.5. The van der Waals surface area contributed by atoms with Crippen molar-refractivity contribution in [2.24, 2.45) is 5.73 Å². The Bertz CT molecular complexity index is 637. The standard InChI is InChI=1S/C14H15N3O3/c1-2-20-14(19)12(15)13(18)17-11-5-3-4-9-6-7-16-8-10(9)11/h3-8,12H,2,15H2,1H3,(H,17,18). The molecule has 0 aliphatic rings. The zero-order chi connectivity index (χ0) is 14.5. The largest absolute Gasteiger partial charge is 0.464 e. The summed E-state index contributed by atoms with van der Waals surface area (Å²) < 4.78 is 4.71. The van der Waals surface area contributed by atoms with Crippen molar-refractivity contribution >= 4 is 28.3 Å². The number of nitrogens with two attached hydrogens (primary N) is 1. The molecule has 1 aromatic heterocycles. The number of carbonyl (C=O) groups excluding carboxylic acids is 2. The maximum atomic E-state index is 11.9. The summed E-state index contributed by atoms with van der Waals surface area (Å²) in [7, 11) is 0. The van der Waals surface area contributed by atoms with Gasteiger partial charge in [-0.3, -0.25) is 9.78 Å². The number of benzene rings is 1. The first-order valence-corrected chi connectivity index (χ1v) is 6.19. The van der Waals surface area contributed by atoms with Gasteiger partial charge >= 0.3 is 5.97 Å². The topological polar surface area (TPSA) is 94.3 Å². The lowest BCUT2D eigenvalue weighted by Gasteiger charge is -2.12. The van der Waals surface area contributed by atoms with Crippen LogP contribution in [0.15, 0.2) is 36.7 Å². The number of rotatable bonds is 4. The van der Waals surface area contributed by atoms with E-state index in [0.717, 1.165) is 10.8 Å². The second-order valence-corrected chi connectivity index (χ2v) is 4.12. The van der Waals surface area contributed by atoms with E-state index in [1.54, 1.807) is 31.5 Å². The van der Waals surface area contributed by atoms with Crippen molar-refractivity contribution in [3.63, 3.8) is 0 Å². The van der Waals surface area contributed by atoms with Crippen molar-refractivity contribution in [2.75, 3.05) is 11.9 Å². The van der Waals surface area contributed by atoms with Crippen molar-refractivity contribution < 1.29 is 14.3 Å². The molecule has 104 valence electrons. The van der Waals surface area contributed by atoms with Gasteiger partial charge in [-0.2, -0.15) is 0 Å². The van der Waals surface area contributed by atoms with Crippen LogP contribution in [0.3, 0.4) is 0 Å². The zero-order valence-electron chi connectivity index (χ0n) is 11.0. The highest BCUT2D eigenvalue weighted by Crippen LogP contribution is 2.21. The van der Waals surface area contributed by atoms with E-state index in [9.17, 15) is 9.59 Å². The molecule has 20 heavy (non-hydrogen) atoms. The molecule has 0 radical (unpaired) electrons. The molecule has 0 saturated carbocycles. The number of carbonyl (C=O) groups is 2. The van der Waals surface area contributed by atoms with Crippen molar-refractivity contribution in [2.45, 2.75) is 13.0 Å². The molecule has 1 aromatic carbocycles. The fourth-order valence-corrected chi connectivity index (χ4v) is 1.77. The maximum absolute atomic E-state index is 11.9. The number of hydrogen-bond donors (Lipinski definition) is 2. The third-order valence-electron chi connectivity index (χ3n) is 2.76. The third kappa shape index (κ3) is 2.92. The SMILES string of the molecule is CCOC(=O)C(N)C(=O)Nc1cccc2ccncc12. The highest BCUT2D eigenvalue weighted by molar-refractivity contribution is 6.11. The molecule has 1 amide bonds. The van der Waals surface area contributed by atoms with Crippen molar-refractivity contribution in [3.8, 4) is 0 Å². The van der Waals surface area contributed by atoms with Gasteiger partial charge in [0.05, 0.1) is 12.3 Å². The molecule has 1 heterocycles. The summed E-state index contributed by atoms with van der Waals surface area (Å²) in [4.78, 5) is 27.3. The van der Waals surface area contributed by atoms with Gasteiger partial charge in [-0.05, 0) is 24.4 Å². The minimum atomic E-state index is -1.35. The molecule has 0 aliphatic carbocycles. The Balaban J connectivity index is 2.20. The van der Waals surface area contributed by atoms with Crippen molar-refractivity contribution in [3.05, 3.63) is 36.7 Å². The second kappa shape index (κ2) is 6.12. The molecule has 0 spiro atoms. The lowest BCUT2D eigenvalue weighted by molar-refractivity contribution is -0.146. The van der Waals surface area contributed by atoms with Crippen LogP contribution in [-0.2, 0) is 14.3 Å². The van der Waals surface area contributed by atoms with Gasteiger partial charge < -0.3 is 15.8 Å². The normalized spacial score (nSPS) is 11.9. The van der Waals surface area contributed by atoms with Crippen molar-refractivity contribution in [1.29, 1.82) is 0 Å². The van der Waals surface area contributed by atoms with Crippen molar-refractivity contribution in [1.82, 2.24) is 4.98 Å². The van der Waals surface area contributed by atoms with Gasteiger partial charge in [-0.15, -0.1) is 0 Å². The minimum Gasteiger partial charge on any atom is -0.464 e. The summed E-state index contributed by atoms with van der Waals surface area (Å²) in [6.07, 6.45) is 3.30. The summed E-state index contributed by atoms with van der Waals surface area (Å²) in [6.45, 7) is 1.83. The number of amides is 1. The predicted octanol–water partition coefficient (Wildman–Crippen LogP) is 1.06. The number of anilines is 1. The first kappa shape index (κ1) is 14.0. The van der Waals surface area contributed by atoms with E-state index >= 15 is 0 Å². The van der Waals surface area contributed by atoms with Gasteiger partial charge in [0, 0.05) is 17.8 Å². The van der Waals surface area contributed by atoms with Crippen LogP contribution in [0.25, 0.3) is 10.8 Å². The van der Waals surface area contributed by atoms with E-state index in [-0.39, 0.29) is 6.61 Å². The molecular formula is C14H15N3O3. The first-order valence-electron chi connectivity index (χ1n) is 6.19. The lowest BCUT2D eigenvalue weighted by Crippen LogP contribution is -2.43. The van der Waals surface area contributed by atoms with Crippen LogP contribution in [0.2, 0.25) is 0 Å². The molecule has 0 bridgehead atoms. The van der Waals surface area contributed by atoms with Crippen LogP contribution >= 0.6 is 0 Å². The number of hydrogen-bond acceptors (Lipinski definition) is 5. The Morgan fingerprint density at radius 2 is 2.20 bits per heavy atom. The van der Waals surface area contributed by atoms with E-state index in [0.29, 0.717) is 5.69 Å². The summed E-state index contributed by atoms with van der Waals surface area (Å²) in [6, 6.07) is 5.91. The Labute approximate surface area is 115 Å². The minimum absolute atomic E-state index is 0.179. The molecule has 6 nitrogen and oxygen atoms in total. The van der Waals surface area contributed by atoms with Gasteiger partial charge in [0.2, 0.25) is 0 Å². The van der Waals surface area contributed by atoms with Gasteiger partial charge in [0.15, 0.2) is 6.04 Å². The average Bonchev–Trinajstić information content (AvgIpc) is 2.47. The molecule has 2 rings (SSSR count). The second-order valence-electron chi connectivity index (χ2n) is 4.12.